The van der Waals surface area contributed by atoms with Crippen LogP contribution >= 0.6 is 0 Å². The molecule has 2 N–H and O–H groups in total. The van der Waals surface area contributed by atoms with E-state index in [1.54, 1.807) is 4.90 Å². The number of piperazine rings is 1. The van der Waals surface area contributed by atoms with E-state index in [1.807, 2.05) is 32.0 Å². The fraction of sp³-hybridized carbons (Fsp3) is 0.522. The molecule has 2 saturated heterocycles. The first-order valence-corrected chi connectivity index (χ1v) is 10.8. The summed E-state index contributed by atoms with van der Waals surface area (Å²) in [7, 11) is 0. The molecule has 0 saturated carbocycles. The maximum absolute atomic E-state index is 13.1. The van der Waals surface area contributed by atoms with Crippen LogP contribution in [0, 0.1) is 5.92 Å². The smallest absolute Gasteiger partial charge is 0.336 e. The van der Waals surface area contributed by atoms with Gasteiger partial charge in [0.05, 0.1) is 0 Å². The summed E-state index contributed by atoms with van der Waals surface area (Å²) in [5, 5.41) is 11.6. The average Bonchev–Trinajstić information content (AvgIpc) is 3.55. The highest BCUT2D eigenvalue weighted by Crippen LogP contribution is 2.23. The number of amides is 2. The molecule has 8 heteroatoms. The number of ether oxygens (including phenoxy) is 1. The van der Waals surface area contributed by atoms with Crippen LogP contribution in [0.25, 0.3) is 6.08 Å². The largest absolute Gasteiger partial charge is 0.479 e. The molecule has 0 bridgehead atoms. The number of aliphatic carboxylic acids is 1. The SMILES string of the molecule is CC(C)CC(NC(=O)C1OC1C(=O)O)C(=O)N1CCN(CC=Cc2ccccc2)CC1. The van der Waals surface area contributed by atoms with E-state index in [2.05, 4.69) is 34.5 Å². The normalized spacial score (nSPS) is 22.5. The molecule has 2 aliphatic rings. The monoisotopic (exact) mass is 429 g/mol. The number of benzene rings is 1. The van der Waals surface area contributed by atoms with Crippen molar-refractivity contribution < 1.29 is 24.2 Å². The number of hydrogen-bond acceptors (Lipinski definition) is 5. The predicted molar refractivity (Wildman–Crippen MR) is 116 cm³/mol. The summed E-state index contributed by atoms with van der Waals surface area (Å²) < 4.78 is 4.91. The lowest BCUT2D eigenvalue weighted by Gasteiger charge is -2.36. The predicted octanol–water partition coefficient (Wildman–Crippen LogP) is 1.23. The van der Waals surface area contributed by atoms with E-state index in [1.165, 1.54) is 0 Å². The molecule has 1 aromatic rings. The van der Waals surface area contributed by atoms with Gasteiger partial charge in [0.25, 0.3) is 5.91 Å². The van der Waals surface area contributed by atoms with Gasteiger partial charge in [0.1, 0.15) is 6.04 Å². The number of rotatable bonds is 9. The summed E-state index contributed by atoms with van der Waals surface area (Å²) in [5.74, 6) is -1.61. The molecule has 31 heavy (non-hydrogen) atoms. The van der Waals surface area contributed by atoms with Crippen LogP contribution in [-0.4, -0.2) is 83.7 Å². The number of hydrogen-bond donors (Lipinski definition) is 2. The van der Waals surface area contributed by atoms with Crippen molar-refractivity contribution in [2.45, 2.75) is 38.5 Å². The Hall–Kier alpha value is -2.71. The zero-order chi connectivity index (χ0) is 22.4. The fourth-order valence-corrected chi connectivity index (χ4v) is 3.72. The van der Waals surface area contributed by atoms with E-state index in [4.69, 9.17) is 9.84 Å². The topological polar surface area (TPSA) is 102 Å². The average molecular weight is 430 g/mol. The van der Waals surface area contributed by atoms with Crippen LogP contribution in [0.2, 0.25) is 0 Å². The van der Waals surface area contributed by atoms with Crippen molar-refractivity contribution in [1.29, 1.82) is 0 Å². The van der Waals surface area contributed by atoms with Gasteiger partial charge in [-0.05, 0) is 17.9 Å². The number of carboxylic acid groups (broad SMARTS) is 1. The second-order valence-corrected chi connectivity index (χ2v) is 8.45. The van der Waals surface area contributed by atoms with E-state index >= 15 is 0 Å². The van der Waals surface area contributed by atoms with Crippen LogP contribution in [0.4, 0.5) is 0 Å². The fourth-order valence-electron chi connectivity index (χ4n) is 3.72. The Morgan fingerprint density at radius 3 is 2.39 bits per heavy atom. The molecule has 3 unspecified atom stereocenters. The molecule has 3 rings (SSSR count). The molecule has 0 aliphatic carbocycles. The first kappa shape index (κ1) is 23.0. The van der Waals surface area contributed by atoms with Crippen LogP contribution in [-0.2, 0) is 19.1 Å². The number of carboxylic acids is 1. The van der Waals surface area contributed by atoms with Gasteiger partial charge >= 0.3 is 5.97 Å². The van der Waals surface area contributed by atoms with Crippen molar-refractivity contribution in [3.8, 4) is 0 Å². The van der Waals surface area contributed by atoms with Crippen LogP contribution in [0.3, 0.4) is 0 Å². The van der Waals surface area contributed by atoms with E-state index in [9.17, 15) is 14.4 Å². The third kappa shape index (κ3) is 6.63. The van der Waals surface area contributed by atoms with Gasteiger partial charge in [0, 0.05) is 32.7 Å². The first-order chi connectivity index (χ1) is 14.8. The first-order valence-electron chi connectivity index (χ1n) is 10.8. The molecule has 168 valence electrons. The molecular formula is C23H31N3O5. The van der Waals surface area contributed by atoms with Crippen LogP contribution in [0.15, 0.2) is 36.4 Å². The third-order valence-corrected chi connectivity index (χ3v) is 5.47. The summed E-state index contributed by atoms with van der Waals surface area (Å²) in [6.45, 7) is 7.51. The van der Waals surface area contributed by atoms with Gasteiger partial charge in [-0.1, -0.05) is 56.3 Å². The van der Waals surface area contributed by atoms with E-state index in [0.29, 0.717) is 19.5 Å². The van der Waals surface area contributed by atoms with Gasteiger partial charge in [-0.3, -0.25) is 14.5 Å². The van der Waals surface area contributed by atoms with Crippen molar-refractivity contribution in [1.82, 2.24) is 15.1 Å². The lowest BCUT2D eigenvalue weighted by atomic mass is 10.0. The quantitative estimate of drug-likeness (QED) is 0.573. The van der Waals surface area contributed by atoms with Crippen molar-refractivity contribution in [2.24, 2.45) is 5.92 Å². The molecule has 8 nitrogen and oxygen atoms in total. The molecule has 2 heterocycles. The van der Waals surface area contributed by atoms with Crippen LogP contribution < -0.4 is 5.32 Å². The van der Waals surface area contributed by atoms with E-state index < -0.39 is 30.1 Å². The van der Waals surface area contributed by atoms with Gasteiger partial charge in [0.2, 0.25) is 5.91 Å². The minimum absolute atomic E-state index is 0.117. The molecule has 2 aliphatic heterocycles. The number of epoxide rings is 1. The highest BCUT2D eigenvalue weighted by Gasteiger charge is 2.51. The highest BCUT2D eigenvalue weighted by molar-refractivity contribution is 5.95. The number of carbonyl (C=O) groups excluding carboxylic acids is 2. The second-order valence-electron chi connectivity index (χ2n) is 8.45. The lowest BCUT2D eigenvalue weighted by Crippen LogP contribution is -2.55. The molecular weight excluding hydrogens is 398 g/mol. The maximum Gasteiger partial charge on any atom is 0.336 e. The second kappa shape index (κ2) is 10.5. The summed E-state index contributed by atoms with van der Waals surface area (Å²) in [5.41, 5.74) is 1.16. The Morgan fingerprint density at radius 2 is 1.81 bits per heavy atom. The maximum atomic E-state index is 13.1. The molecule has 1 aromatic carbocycles. The molecule has 0 aromatic heterocycles. The van der Waals surface area contributed by atoms with Gasteiger partial charge in [-0.15, -0.1) is 0 Å². The number of carbonyl (C=O) groups is 3. The Kier molecular flexibility index (Phi) is 7.81. The molecule has 0 radical (unpaired) electrons. The summed E-state index contributed by atoms with van der Waals surface area (Å²) in [6, 6.07) is 9.45. The zero-order valence-electron chi connectivity index (χ0n) is 18.1. The zero-order valence-corrected chi connectivity index (χ0v) is 18.1. The number of nitrogens with zero attached hydrogens (tertiary/aromatic N) is 2. The highest BCUT2D eigenvalue weighted by atomic mass is 16.6. The van der Waals surface area contributed by atoms with Crippen molar-refractivity contribution >= 4 is 23.9 Å². The molecule has 2 fully saturated rings. The van der Waals surface area contributed by atoms with Gasteiger partial charge in [-0.25, -0.2) is 4.79 Å². The number of nitrogens with one attached hydrogen (secondary N) is 1. The minimum Gasteiger partial charge on any atom is -0.479 e. The van der Waals surface area contributed by atoms with Crippen LogP contribution in [0.5, 0.6) is 0 Å². The molecule has 0 spiro atoms. The summed E-state index contributed by atoms with van der Waals surface area (Å²) in [6.07, 6.45) is 2.60. The van der Waals surface area contributed by atoms with Crippen LogP contribution in [0.1, 0.15) is 25.8 Å². The summed E-state index contributed by atoms with van der Waals surface area (Å²) >= 11 is 0. The summed E-state index contributed by atoms with van der Waals surface area (Å²) in [4.78, 5) is 40.3. The Morgan fingerprint density at radius 1 is 1.13 bits per heavy atom. The van der Waals surface area contributed by atoms with Crippen molar-refractivity contribution in [2.75, 3.05) is 32.7 Å². The third-order valence-electron chi connectivity index (χ3n) is 5.47. The standard InChI is InChI=1S/C23H31N3O5/c1-16(2)15-18(24-21(27)19-20(31-19)23(29)30)22(28)26-13-11-25(12-14-26)10-6-9-17-7-4-3-5-8-17/h3-9,16,18-20H,10-15H2,1-2H3,(H,24,27)(H,29,30). The minimum atomic E-state index is -1.16. The lowest BCUT2D eigenvalue weighted by molar-refractivity contribution is -0.138. The van der Waals surface area contributed by atoms with Gasteiger partial charge in [0.15, 0.2) is 12.2 Å². The molecule has 2 amide bonds. The Bertz CT molecular complexity index is 803. The van der Waals surface area contributed by atoms with Crippen molar-refractivity contribution in [3.63, 3.8) is 0 Å². The van der Waals surface area contributed by atoms with E-state index in [-0.39, 0.29) is 11.8 Å². The Balaban J connectivity index is 1.48. The van der Waals surface area contributed by atoms with E-state index in [0.717, 1.165) is 25.2 Å². The molecule has 3 atom stereocenters. The Labute approximate surface area is 182 Å². The van der Waals surface area contributed by atoms with Gasteiger partial charge < -0.3 is 20.1 Å². The van der Waals surface area contributed by atoms with Gasteiger partial charge in [-0.2, -0.15) is 0 Å². The van der Waals surface area contributed by atoms with Crippen molar-refractivity contribution in [3.05, 3.63) is 42.0 Å².